The van der Waals surface area contributed by atoms with E-state index in [-0.39, 0.29) is 11.3 Å². The molecule has 2 aliphatic rings. The van der Waals surface area contributed by atoms with Gasteiger partial charge in [-0.05, 0) is 38.7 Å². The molecule has 2 heterocycles. The number of anilines is 1. The third-order valence-corrected chi connectivity index (χ3v) is 6.18. The van der Waals surface area contributed by atoms with Gasteiger partial charge in [-0.3, -0.25) is 0 Å². The molecule has 1 aromatic rings. The fourth-order valence-electron chi connectivity index (χ4n) is 2.57. The highest BCUT2D eigenvalue weighted by molar-refractivity contribution is 7.90. The molecule has 1 atom stereocenters. The Bertz CT molecular complexity index is 586. The predicted molar refractivity (Wildman–Crippen MR) is 76.9 cm³/mol. The first kappa shape index (κ1) is 13.8. The molecule has 0 bridgehead atoms. The second kappa shape index (κ2) is 5.29. The predicted octanol–water partition coefficient (Wildman–Crippen LogP) is 1.15. The molecule has 2 fully saturated rings. The first-order chi connectivity index (χ1) is 9.55. The number of nitrogens with zero attached hydrogens (tertiary/aromatic N) is 3. The van der Waals surface area contributed by atoms with Crippen LogP contribution in [-0.2, 0) is 10.0 Å². The molecule has 0 aromatic carbocycles. The van der Waals surface area contributed by atoms with E-state index in [2.05, 4.69) is 15.3 Å². The van der Waals surface area contributed by atoms with Gasteiger partial charge in [0.2, 0.25) is 16.0 Å². The average Bonchev–Trinajstić information content (AvgIpc) is 3.23. The number of rotatable bonds is 4. The van der Waals surface area contributed by atoms with Crippen LogP contribution < -0.4 is 5.32 Å². The summed E-state index contributed by atoms with van der Waals surface area (Å²) in [6.45, 7) is 3.08. The van der Waals surface area contributed by atoms with Crippen molar-refractivity contribution in [2.24, 2.45) is 0 Å². The molecule has 1 N–H and O–H groups in total. The maximum atomic E-state index is 12.3. The number of aromatic nitrogens is 2. The van der Waals surface area contributed by atoms with Gasteiger partial charge in [-0.2, -0.15) is 4.31 Å². The van der Waals surface area contributed by atoms with E-state index in [1.54, 1.807) is 10.5 Å². The Morgan fingerprint density at radius 2 is 2.15 bits per heavy atom. The van der Waals surface area contributed by atoms with Crippen molar-refractivity contribution < 1.29 is 8.42 Å². The van der Waals surface area contributed by atoms with Crippen LogP contribution in [0.15, 0.2) is 12.3 Å². The van der Waals surface area contributed by atoms with Crippen molar-refractivity contribution in [1.29, 1.82) is 0 Å². The molecule has 0 radical (unpaired) electrons. The Kier molecular flexibility index (Phi) is 3.64. The largest absolute Gasteiger partial charge is 0.350 e. The van der Waals surface area contributed by atoms with Crippen LogP contribution in [0.5, 0.6) is 0 Å². The number of sulfonamides is 1. The van der Waals surface area contributed by atoms with Crippen molar-refractivity contribution >= 4 is 16.0 Å². The molecule has 0 unspecified atom stereocenters. The lowest BCUT2D eigenvalue weighted by atomic mass is 10.1. The highest BCUT2D eigenvalue weighted by Crippen LogP contribution is 2.32. The molecule has 0 amide bonds. The smallest absolute Gasteiger partial charge is 0.223 e. The van der Waals surface area contributed by atoms with Gasteiger partial charge in [0.25, 0.3) is 0 Å². The Hall–Kier alpha value is -1.21. The van der Waals surface area contributed by atoms with E-state index in [1.165, 1.54) is 0 Å². The summed E-state index contributed by atoms with van der Waals surface area (Å²) in [5.74, 6) is 0.584. The van der Waals surface area contributed by atoms with Crippen LogP contribution >= 0.6 is 0 Å². The minimum Gasteiger partial charge on any atom is -0.350 e. The van der Waals surface area contributed by atoms with Gasteiger partial charge in [0.1, 0.15) is 0 Å². The van der Waals surface area contributed by atoms with Gasteiger partial charge in [0, 0.05) is 31.0 Å². The Balaban J connectivity index is 1.66. The van der Waals surface area contributed by atoms with Gasteiger partial charge in [-0.15, -0.1) is 0 Å². The normalized spacial score (nSPS) is 24.6. The number of hydrogen-bond acceptors (Lipinski definition) is 5. The minimum atomic E-state index is -3.07. The molecule has 0 spiro atoms. The molecule has 6 nitrogen and oxygen atoms in total. The van der Waals surface area contributed by atoms with Crippen molar-refractivity contribution in [3.8, 4) is 0 Å². The van der Waals surface area contributed by atoms with E-state index in [9.17, 15) is 8.42 Å². The van der Waals surface area contributed by atoms with Crippen LogP contribution in [0.25, 0.3) is 0 Å². The van der Waals surface area contributed by atoms with Gasteiger partial charge in [-0.1, -0.05) is 0 Å². The van der Waals surface area contributed by atoms with Crippen molar-refractivity contribution in [1.82, 2.24) is 14.3 Å². The molecular formula is C13H20N4O2S. The quantitative estimate of drug-likeness (QED) is 0.902. The molecule has 7 heteroatoms. The van der Waals surface area contributed by atoms with Gasteiger partial charge < -0.3 is 5.32 Å². The molecule has 110 valence electrons. The molecule has 1 saturated heterocycles. The summed E-state index contributed by atoms with van der Waals surface area (Å²) in [7, 11) is -3.07. The summed E-state index contributed by atoms with van der Waals surface area (Å²) in [6.07, 6.45) is 5.19. The minimum absolute atomic E-state index is 0.0964. The van der Waals surface area contributed by atoms with Crippen LogP contribution in [0.2, 0.25) is 0 Å². The molecule has 1 aliphatic carbocycles. The second-order valence-electron chi connectivity index (χ2n) is 5.61. The summed E-state index contributed by atoms with van der Waals surface area (Å²) in [6, 6.07) is 1.94. The number of nitrogens with one attached hydrogen (secondary N) is 1. The highest BCUT2D eigenvalue weighted by atomic mass is 32.2. The van der Waals surface area contributed by atoms with E-state index in [0.717, 1.165) is 31.4 Å². The third kappa shape index (κ3) is 2.93. The van der Waals surface area contributed by atoms with Crippen molar-refractivity contribution in [2.75, 3.05) is 18.4 Å². The third-order valence-electron chi connectivity index (χ3n) is 3.82. The van der Waals surface area contributed by atoms with Crippen LogP contribution in [0.4, 0.5) is 5.95 Å². The summed E-state index contributed by atoms with van der Waals surface area (Å²) < 4.78 is 26.2. The second-order valence-corrected chi connectivity index (χ2v) is 7.82. The Labute approximate surface area is 119 Å². The Morgan fingerprint density at radius 1 is 1.35 bits per heavy atom. The van der Waals surface area contributed by atoms with E-state index in [0.29, 0.717) is 19.0 Å². The van der Waals surface area contributed by atoms with Gasteiger partial charge >= 0.3 is 0 Å². The first-order valence-electron chi connectivity index (χ1n) is 7.11. The fraction of sp³-hybridized carbons (Fsp3) is 0.692. The average molecular weight is 296 g/mol. The highest BCUT2D eigenvalue weighted by Gasteiger charge is 2.41. The van der Waals surface area contributed by atoms with E-state index in [1.807, 2.05) is 13.0 Å². The van der Waals surface area contributed by atoms with E-state index < -0.39 is 10.0 Å². The fourth-order valence-corrected chi connectivity index (χ4v) is 4.49. The van der Waals surface area contributed by atoms with Gasteiger partial charge in [0.15, 0.2) is 0 Å². The zero-order chi connectivity index (χ0) is 14.2. The summed E-state index contributed by atoms with van der Waals surface area (Å²) in [4.78, 5) is 8.49. The molecule has 1 saturated carbocycles. The van der Waals surface area contributed by atoms with E-state index in [4.69, 9.17) is 0 Å². The van der Waals surface area contributed by atoms with Crippen LogP contribution in [0.1, 0.15) is 31.4 Å². The lowest BCUT2D eigenvalue weighted by molar-refractivity contribution is 0.326. The van der Waals surface area contributed by atoms with Gasteiger partial charge in [0.05, 0.1) is 5.25 Å². The van der Waals surface area contributed by atoms with E-state index >= 15 is 0 Å². The Morgan fingerprint density at radius 3 is 2.85 bits per heavy atom. The van der Waals surface area contributed by atoms with Crippen LogP contribution in [0.3, 0.4) is 0 Å². The topological polar surface area (TPSA) is 75.2 Å². The van der Waals surface area contributed by atoms with Gasteiger partial charge in [-0.25, -0.2) is 18.4 Å². The standard InChI is InChI=1S/C13H20N4O2S/c1-10-6-7-14-13(15-10)16-11-3-2-8-17(9-11)20(18,19)12-4-5-12/h6-7,11-12H,2-5,8-9H2,1H3,(H,14,15,16)/t11-/m1/s1. The maximum Gasteiger partial charge on any atom is 0.223 e. The summed E-state index contributed by atoms with van der Waals surface area (Å²) >= 11 is 0. The lowest BCUT2D eigenvalue weighted by Crippen LogP contribution is -2.46. The van der Waals surface area contributed by atoms with Crippen molar-refractivity contribution in [3.05, 3.63) is 18.0 Å². The molecule has 20 heavy (non-hydrogen) atoms. The van der Waals surface area contributed by atoms with Crippen LogP contribution in [-0.4, -0.2) is 47.1 Å². The number of piperidine rings is 1. The summed E-state index contributed by atoms with van der Waals surface area (Å²) in [5.41, 5.74) is 0.903. The first-order valence-corrected chi connectivity index (χ1v) is 8.61. The van der Waals surface area contributed by atoms with Crippen molar-refractivity contribution in [2.45, 2.75) is 43.9 Å². The SMILES string of the molecule is Cc1ccnc(N[C@@H]2CCCN(S(=O)(=O)C3CC3)C2)n1. The molecule has 3 rings (SSSR count). The molecule has 1 aliphatic heterocycles. The number of hydrogen-bond donors (Lipinski definition) is 1. The monoisotopic (exact) mass is 296 g/mol. The maximum absolute atomic E-state index is 12.3. The molecule has 1 aromatic heterocycles. The van der Waals surface area contributed by atoms with Crippen molar-refractivity contribution in [3.63, 3.8) is 0 Å². The zero-order valence-electron chi connectivity index (χ0n) is 11.6. The lowest BCUT2D eigenvalue weighted by Gasteiger charge is -2.32. The van der Waals surface area contributed by atoms with Crippen LogP contribution in [0, 0.1) is 6.92 Å². The summed E-state index contributed by atoms with van der Waals surface area (Å²) in [5, 5.41) is 3.13. The molecular weight excluding hydrogens is 276 g/mol. The number of aryl methyl sites for hydroxylation is 1. The zero-order valence-corrected chi connectivity index (χ0v) is 12.4.